The van der Waals surface area contributed by atoms with Crippen LogP contribution < -0.4 is 5.73 Å². The van der Waals surface area contributed by atoms with E-state index in [1.807, 2.05) is 6.20 Å². The van der Waals surface area contributed by atoms with E-state index in [1.54, 1.807) is 0 Å². The minimum Gasteiger partial charge on any atom is -0.330 e. The second-order valence-electron chi connectivity index (χ2n) is 4.14. The first kappa shape index (κ1) is 12.1. The number of rotatable bonds is 6. The lowest BCUT2D eigenvalue weighted by Gasteiger charge is -2.10. The van der Waals surface area contributed by atoms with Gasteiger partial charge < -0.3 is 10.6 Å². The number of nitrogens with two attached hydrogens (primary N) is 1. The third kappa shape index (κ3) is 4.91. The first-order chi connectivity index (χ1) is 7.22. The molecule has 0 atom stereocenters. The monoisotopic (exact) mass is 207 g/mol. The van der Waals surface area contributed by atoms with Gasteiger partial charge in [0.05, 0.1) is 0 Å². The molecule has 15 heavy (non-hydrogen) atoms. The molecule has 0 bridgehead atoms. The number of aryl methyl sites for hydroxylation is 1. The minimum atomic E-state index is 0.775. The minimum absolute atomic E-state index is 0.775. The summed E-state index contributed by atoms with van der Waals surface area (Å²) in [6, 6.07) is 4.27. The Morgan fingerprint density at radius 3 is 2.80 bits per heavy atom. The van der Waals surface area contributed by atoms with Crippen molar-refractivity contribution in [2.75, 3.05) is 20.6 Å². The van der Waals surface area contributed by atoms with Crippen molar-refractivity contribution in [1.29, 1.82) is 0 Å². The average molecular weight is 207 g/mol. The molecule has 0 aliphatic rings. The maximum absolute atomic E-state index is 5.46. The summed E-state index contributed by atoms with van der Waals surface area (Å²) in [5.41, 5.74) is 7.98. The zero-order valence-electron chi connectivity index (χ0n) is 9.74. The quantitative estimate of drug-likeness (QED) is 0.717. The van der Waals surface area contributed by atoms with Crippen molar-refractivity contribution >= 4 is 0 Å². The molecule has 0 fully saturated rings. The number of pyridine rings is 1. The van der Waals surface area contributed by atoms with Gasteiger partial charge in [-0.25, -0.2) is 0 Å². The van der Waals surface area contributed by atoms with Gasteiger partial charge in [0.2, 0.25) is 0 Å². The van der Waals surface area contributed by atoms with Crippen LogP contribution in [0, 0.1) is 0 Å². The molecule has 2 N–H and O–H groups in total. The van der Waals surface area contributed by atoms with Crippen LogP contribution in [0.25, 0.3) is 0 Å². The Hall–Kier alpha value is -0.930. The molecule has 1 aromatic heterocycles. The van der Waals surface area contributed by atoms with Crippen LogP contribution in [0.4, 0.5) is 0 Å². The molecular weight excluding hydrogens is 186 g/mol. The first-order valence-electron chi connectivity index (χ1n) is 5.51. The lowest BCUT2D eigenvalue weighted by molar-refractivity contribution is 0.402. The van der Waals surface area contributed by atoms with Gasteiger partial charge >= 0.3 is 0 Å². The summed E-state index contributed by atoms with van der Waals surface area (Å²) < 4.78 is 0. The number of unbranched alkanes of at least 4 members (excludes halogenated alkanes) is 1. The molecule has 84 valence electrons. The van der Waals surface area contributed by atoms with Gasteiger partial charge in [0.1, 0.15) is 0 Å². The summed E-state index contributed by atoms with van der Waals surface area (Å²) in [5.74, 6) is 0. The van der Waals surface area contributed by atoms with Crippen molar-refractivity contribution in [3.05, 3.63) is 29.6 Å². The highest BCUT2D eigenvalue weighted by molar-refractivity contribution is 5.16. The van der Waals surface area contributed by atoms with E-state index in [9.17, 15) is 0 Å². The van der Waals surface area contributed by atoms with E-state index in [2.05, 4.69) is 36.1 Å². The van der Waals surface area contributed by atoms with Gasteiger partial charge in [0, 0.05) is 18.4 Å². The summed E-state index contributed by atoms with van der Waals surface area (Å²) in [5, 5.41) is 0. The fourth-order valence-electron chi connectivity index (χ4n) is 1.58. The second kappa shape index (κ2) is 6.53. The molecule has 0 amide bonds. The van der Waals surface area contributed by atoms with Crippen molar-refractivity contribution in [2.24, 2.45) is 5.73 Å². The van der Waals surface area contributed by atoms with E-state index in [4.69, 9.17) is 5.73 Å². The van der Waals surface area contributed by atoms with Crippen molar-refractivity contribution in [3.63, 3.8) is 0 Å². The van der Waals surface area contributed by atoms with Crippen LogP contribution in [0.3, 0.4) is 0 Å². The Bertz CT molecular complexity index is 284. The molecule has 0 spiro atoms. The fourth-order valence-corrected chi connectivity index (χ4v) is 1.58. The van der Waals surface area contributed by atoms with E-state index < -0.39 is 0 Å². The van der Waals surface area contributed by atoms with Gasteiger partial charge in [-0.3, -0.25) is 4.98 Å². The Morgan fingerprint density at radius 2 is 2.13 bits per heavy atom. The maximum atomic E-state index is 5.46. The molecule has 3 heteroatoms. The van der Waals surface area contributed by atoms with Crippen LogP contribution in [0.5, 0.6) is 0 Å². The lowest BCUT2D eigenvalue weighted by atomic mass is 10.1. The summed E-state index contributed by atoms with van der Waals surface area (Å²) in [7, 11) is 4.16. The largest absolute Gasteiger partial charge is 0.330 e. The molecule has 0 aromatic carbocycles. The standard InChI is InChI=1S/C12H21N3/c1-15(2)10-11-6-8-14-12(9-11)5-3-4-7-13/h6,8-9H,3-5,7,10,13H2,1-2H3. The SMILES string of the molecule is CN(C)Cc1ccnc(CCCCN)c1. The van der Waals surface area contributed by atoms with Crippen molar-refractivity contribution in [3.8, 4) is 0 Å². The molecule has 1 heterocycles. The van der Waals surface area contributed by atoms with E-state index >= 15 is 0 Å². The summed E-state index contributed by atoms with van der Waals surface area (Å²) in [4.78, 5) is 6.52. The Labute approximate surface area is 92.3 Å². The Balaban J connectivity index is 2.50. The van der Waals surface area contributed by atoms with Gasteiger partial charge in [0.25, 0.3) is 0 Å². The van der Waals surface area contributed by atoms with Crippen LogP contribution in [0.1, 0.15) is 24.1 Å². The van der Waals surface area contributed by atoms with Gasteiger partial charge in [-0.1, -0.05) is 0 Å². The average Bonchev–Trinajstić information content (AvgIpc) is 2.18. The van der Waals surface area contributed by atoms with Crippen LogP contribution in [-0.2, 0) is 13.0 Å². The van der Waals surface area contributed by atoms with Crippen molar-refractivity contribution in [2.45, 2.75) is 25.8 Å². The molecule has 0 saturated heterocycles. The normalized spacial score (nSPS) is 10.9. The zero-order valence-corrected chi connectivity index (χ0v) is 9.74. The Kier molecular flexibility index (Phi) is 5.29. The highest BCUT2D eigenvalue weighted by Crippen LogP contribution is 2.06. The van der Waals surface area contributed by atoms with Crippen molar-refractivity contribution < 1.29 is 0 Å². The molecular formula is C12H21N3. The predicted molar refractivity (Wildman–Crippen MR) is 63.6 cm³/mol. The highest BCUT2D eigenvalue weighted by Gasteiger charge is 1.98. The van der Waals surface area contributed by atoms with Crippen LogP contribution >= 0.6 is 0 Å². The molecule has 0 aliphatic heterocycles. The number of hydrogen-bond donors (Lipinski definition) is 1. The second-order valence-corrected chi connectivity index (χ2v) is 4.14. The predicted octanol–water partition coefficient (Wildman–Crippen LogP) is 1.42. The van der Waals surface area contributed by atoms with E-state index in [0.717, 1.165) is 32.4 Å². The van der Waals surface area contributed by atoms with Crippen LogP contribution in [-0.4, -0.2) is 30.5 Å². The number of aromatic nitrogens is 1. The summed E-state index contributed by atoms with van der Waals surface area (Å²) in [6.07, 6.45) is 5.16. The molecule has 3 nitrogen and oxygen atoms in total. The smallest absolute Gasteiger partial charge is 0.0406 e. The molecule has 0 radical (unpaired) electrons. The summed E-state index contributed by atoms with van der Waals surface area (Å²) in [6.45, 7) is 1.75. The third-order valence-electron chi connectivity index (χ3n) is 2.27. The topological polar surface area (TPSA) is 42.2 Å². The van der Waals surface area contributed by atoms with E-state index in [-0.39, 0.29) is 0 Å². The first-order valence-corrected chi connectivity index (χ1v) is 5.51. The molecule has 1 aromatic rings. The molecule has 1 rings (SSSR count). The van der Waals surface area contributed by atoms with Crippen molar-refractivity contribution in [1.82, 2.24) is 9.88 Å². The zero-order chi connectivity index (χ0) is 11.1. The Morgan fingerprint density at radius 1 is 1.33 bits per heavy atom. The number of hydrogen-bond acceptors (Lipinski definition) is 3. The molecule has 0 unspecified atom stereocenters. The maximum Gasteiger partial charge on any atom is 0.0406 e. The highest BCUT2D eigenvalue weighted by atomic mass is 15.0. The fraction of sp³-hybridized carbons (Fsp3) is 0.583. The van der Waals surface area contributed by atoms with Gasteiger partial charge in [0.15, 0.2) is 0 Å². The van der Waals surface area contributed by atoms with Gasteiger partial charge in [-0.2, -0.15) is 0 Å². The lowest BCUT2D eigenvalue weighted by Crippen LogP contribution is -2.11. The van der Waals surface area contributed by atoms with Crippen LogP contribution in [0.2, 0.25) is 0 Å². The van der Waals surface area contributed by atoms with Gasteiger partial charge in [-0.05, 0) is 57.6 Å². The molecule has 0 saturated carbocycles. The van der Waals surface area contributed by atoms with Gasteiger partial charge in [-0.15, -0.1) is 0 Å². The van der Waals surface area contributed by atoms with E-state index in [1.165, 1.54) is 11.3 Å². The molecule has 0 aliphatic carbocycles. The van der Waals surface area contributed by atoms with Crippen LogP contribution in [0.15, 0.2) is 18.3 Å². The number of nitrogens with zero attached hydrogens (tertiary/aromatic N) is 2. The summed E-state index contributed by atoms with van der Waals surface area (Å²) >= 11 is 0. The third-order valence-corrected chi connectivity index (χ3v) is 2.27. The van der Waals surface area contributed by atoms with E-state index in [0.29, 0.717) is 0 Å².